The fourth-order valence-corrected chi connectivity index (χ4v) is 4.25. The molecular weight excluding hydrogens is 346 g/mol. The van der Waals surface area contributed by atoms with Crippen LogP contribution in [0.2, 0.25) is 5.02 Å². The van der Waals surface area contributed by atoms with Crippen molar-refractivity contribution in [1.82, 2.24) is 14.9 Å². The minimum absolute atomic E-state index is 0.359. The van der Waals surface area contributed by atoms with Crippen molar-refractivity contribution in [2.45, 2.75) is 31.3 Å². The molecular formula is C21H24ClN3O. The summed E-state index contributed by atoms with van der Waals surface area (Å²) in [6.45, 7) is 2.75. The summed E-state index contributed by atoms with van der Waals surface area (Å²) in [7, 11) is 0. The molecule has 1 fully saturated rings. The Balaban J connectivity index is 1.32. The van der Waals surface area contributed by atoms with Crippen LogP contribution in [-0.4, -0.2) is 45.7 Å². The minimum Gasteiger partial charge on any atom is -0.391 e. The number of halogens is 1. The van der Waals surface area contributed by atoms with Gasteiger partial charge in [0.25, 0.3) is 0 Å². The first-order valence-electron chi connectivity index (χ1n) is 9.26. The lowest BCUT2D eigenvalue weighted by atomic mass is 9.89. The highest BCUT2D eigenvalue weighted by molar-refractivity contribution is 6.30. The van der Waals surface area contributed by atoms with Gasteiger partial charge in [-0.3, -0.25) is 0 Å². The maximum absolute atomic E-state index is 10.4. The van der Waals surface area contributed by atoms with Gasteiger partial charge in [-0.15, -0.1) is 0 Å². The van der Waals surface area contributed by atoms with E-state index in [-0.39, 0.29) is 6.10 Å². The topological polar surface area (TPSA) is 52.1 Å². The van der Waals surface area contributed by atoms with E-state index < -0.39 is 0 Å². The summed E-state index contributed by atoms with van der Waals surface area (Å²) < 4.78 is 0. The van der Waals surface area contributed by atoms with Crippen LogP contribution in [0, 0.1) is 0 Å². The summed E-state index contributed by atoms with van der Waals surface area (Å²) in [5.74, 6) is 0.564. The number of pyridine rings is 1. The number of fused-ring (bicyclic) bond motifs is 1. The monoisotopic (exact) mass is 369 g/mol. The third-order valence-corrected chi connectivity index (χ3v) is 5.57. The number of hydrogen-bond donors (Lipinski definition) is 2. The Morgan fingerprint density at radius 3 is 2.88 bits per heavy atom. The van der Waals surface area contributed by atoms with E-state index >= 15 is 0 Å². The third-order valence-electron chi connectivity index (χ3n) is 5.34. The van der Waals surface area contributed by atoms with Gasteiger partial charge < -0.3 is 15.0 Å². The molecule has 4 nitrogen and oxygen atoms in total. The van der Waals surface area contributed by atoms with Crippen LogP contribution in [0.4, 0.5) is 0 Å². The molecule has 136 valence electrons. The molecule has 1 aromatic carbocycles. The van der Waals surface area contributed by atoms with Gasteiger partial charge in [0.1, 0.15) is 5.65 Å². The molecule has 5 heteroatoms. The average Bonchev–Trinajstić information content (AvgIpc) is 3.06. The van der Waals surface area contributed by atoms with Gasteiger partial charge in [-0.1, -0.05) is 23.7 Å². The van der Waals surface area contributed by atoms with E-state index in [1.54, 1.807) is 0 Å². The normalized spacial score (nSPS) is 17.6. The largest absolute Gasteiger partial charge is 0.391 e. The maximum atomic E-state index is 10.4. The van der Waals surface area contributed by atoms with E-state index in [1.165, 1.54) is 10.9 Å². The highest BCUT2D eigenvalue weighted by atomic mass is 35.5. The van der Waals surface area contributed by atoms with Crippen molar-refractivity contribution in [1.29, 1.82) is 0 Å². The Hall–Kier alpha value is -1.88. The Morgan fingerprint density at radius 1 is 1.23 bits per heavy atom. The van der Waals surface area contributed by atoms with Crippen LogP contribution in [0.3, 0.4) is 0 Å². The summed E-state index contributed by atoms with van der Waals surface area (Å²) in [6, 6.07) is 11.9. The number of aromatic amines is 1. The van der Waals surface area contributed by atoms with Crippen molar-refractivity contribution in [2.75, 3.05) is 19.6 Å². The van der Waals surface area contributed by atoms with Gasteiger partial charge in [-0.05, 0) is 73.7 Å². The number of β-amino-alcohol motifs (C(OH)–C–C–N with tert-alkyl or cyclic N) is 1. The van der Waals surface area contributed by atoms with Crippen molar-refractivity contribution in [2.24, 2.45) is 0 Å². The number of rotatable bonds is 5. The number of nitrogens with zero attached hydrogens (tertiary/aromatic N) is 2. The van der Waals surface area contributed by atoms with Gasteiger partial charge in [0.15, 0.2) is 0 Å². The SMILES string of the molecule is OC(Cc1cccc(Cl)c1)CN1CCC(c2c[nH]c3ncccc23)CC1. The molecule has 4 rings (SSSR count). The Bertz CT molecular complexity index is 870. The molecule has 0 bridgehead atoms. The van der Waals surface area contributed by atoms with Crippen molar-refractivity contribution in [3.8, 4) is 0 Å². The summed E-state index contributed by atoms with van der Waals surface area (Å²) in [6.07, 6.45) is 6.47. The molecule has 0 spiro atoms. The predicted molar refractivity (Wildman–Crippen MR) is 106 cm³/mol. The maximum Gasteiger partial charge on any atom is 0.137 e. The van der Waals surface area contributed by atoms with Crippen molar-refractivity contribution < 1.29 is 5.11 Å². The minimum atomic E-state index is -0.359. The first kappa shape index (κ1) is 17.5. The number of aromatic nitrogens is 2. The molecule has 0 saturated carbocycles. The van der Waals surface area contributed by atoms with Crippen LogP contribution in [0.15, 0.2) is 48.8 Å². The molecule has 0 radical (unpaired) electrons. The summed E-state index contributed by atoms with van der Waals surface area (Å²) in [5.41, 5.74) is 3.44. The van der Waals surface area contributed by atoms with Gasteiger partial charge in [0, 0.05) is 29.3 Å². The number of H-pyrrole nitrogens is 1. The average molecular weight is 370 g/mol. The summed E-state index contributed by atoms with van der Waals surface area (Å²) in [4.78, 5) is 10.0. The van der Waals surface area contributed by atoms with Gasteiger partial charge in [-0.25, -0.2) is 4.98 Å². The molecule has 1 aliphatic heterocycles. The lowest BCUT2D eigenvalue weighted by molar-refractivity contribution is 0.0973. The summed E-state index contributed by atoms with van der Waals surface area (Å²) in [5, 5.41) is 12.4. The van der Waals surface area contributed by atoms with E-state index in [4.69, 9.17) is 11.6 Å². The van der Waals surface area contributed by atoms with Crippen LogP contribution in [0.5, 0.6) is 0 Å². The number of benzene rings is 1. The zero-order valence-corrected chi connectivity index (χ0v) is 15.5. The Labute approximate surface area is 158 Å². The van der Waals surface area contributed by atoms with Crippen LogP contribution in [0.1, 0.15) is 29.9 Å². The Morgan fingerprint density at radius 2 is 2.08 bits per heavy atom. The smallest absolute Gasteiger partial charge is 0.137 e. The van der Waals surface area contributed by atoms with Crippen LogP contribution in [0.25, 0.3) is 11.0 Å². The molecule has 0 aliphatic carbocycles. The number of aliphatic hydroxyl groups is 1. The van der Waals surface area contributed by atoms with Gasteiger partial charge in [0.05, 0.1) is 6.10 Å². The molecule has 0 amide bonds. The second kappa shape index (κ2) is 7.78. The van der Waals surface area contributed by atoms with Crippen LogP contribution in [-0.2, 0) is 6.42 Å². The number of hydrogen-bond acceptors (Lipinski definition) is 3. The molecule has 2 N–H and O–H groups in total. The highest BCUT2D eigenvalue weighted by Crippen LogP contribution is 2.32. The lowest BCUT2D eigenvalue weighted by Gasteiger charge is -2.33. The van der Waals surface area contributed by atoms with Crippen molar-refractivity contribution >= 4 is 22.6 Å². The zero-order valence-electron chi connectivity index (χ0n) is 14.7. The molecule has 2 aromatic heterocycles. The fourth-order valence-electron chi connectivity index (χ4n) is 4.04. The number of piperidine rings is 1. The van der Waals surface area contributed by atoms with E-state index in [1.807, 2.05) is 36.5 Å². The highest BCUT2D eigenvalue weighted by Gasteiger charge is 2.24. The second-order valence-corrected chi connectivity index (χ2v) is 7.64. The fraction of sp³-hybridized carbons (Fsp3) is 0.381. The third kappa shape index (κ3) is 3.93. The first-order valence-corrected chi connectivity index (χ1v) is 9.63. The van der Waals surface area contributed by atoms with E-state index in [9.17, 15) is 5.11 Å². The van der Waals surface area contributed by atoms with Crippen molar-refractivity contribution in [3.63, 3.8) is 0 Å². The predicted octanol–water partition coefficient (Wildman–Crippen LogP) is 4.00. The van der Waals surface area contributed by atoms with E-state index in [0.717, 1.165) is 42.2 Å². The molecule has 1 unspecified atom stereocenters. The van der Waals surface area contributed by atoms with Gasteiger partial charge >= 0.3 is 0 Å². The second-order valence-electron chi connectivity index (χ2n) is 7.21. The lowest BCUT2D eigenvalue weighted by Crippen LogP contribution is -2.39. The van der Waals surface area contributed by atoms with Gasteiger partial charge in [-0.2, -0.15) is 0 Å². The van der Waals surface area contributed by atoms with E-state index in [0.29, 0.717) is 18.9 Å². The molecule has 1 saturated heterocycles. The van der Waals surface area contributed by atoms with Gasteiger partial charge in [0.2, 0.25) is 0 Å². The molecule has 26 heavy (non-hydrogen) atoms. The Kier molecular flexibility index (Phi) is 5.25. The van der Waals surface area contributed by atoms with Crippen LogP contribution < -0.4 is 0 Å². The molecule has 3 heterocycles. The number of aliphatic hydroxyl groups excluding tert-OH is 1. The number of nitrogens with one attached hydrogen (secondary N) is 1. The molecule has 3 aromatic rings. The molecule has 1 atom stereocenters. The standard InChI is InChI=1S/C21H24ClN3O/c22-17-4-1-3-15(11-17)12-18(26)14-25-9-6-16(7-10-25)20-13-24-21-19(20)5-2-8-23-21/h1-5,8,11,13,16,18,26H,6-7,9-10,12,14H2,(H,23,24). The zero-order chi connectivity index (χ0) is 17.9. The molecule has 1 aliphatic rings. The summed E-state index contributed by atoms with van der Waals surface area (Å²) >= 11 is 6.03. The van der Waals surface area contributed by atoms with Crippen LogP contribution >= 0.6 is 11.6 Å². The van der Waals surface area contributed by atoms with E-state index in [2.05, 4.69) is 27.1 Å². The van der Waals surface area contributed by atoms with Crippen molar-refractivity contribution in [3.05, 3.63) is 64.9 Å². The number of likely N-dealkylation sites (tertiary alicyclic amines) is 1. The first-order chi connectivity index (χ1) is 12.7. The quantitative estimate of drug-likeness (QED) is 0.714.